The largest absolute Gasteiger partial charge is 0.493 e. The SMILES string of the molecule is CC/C=C(\C)c1nnc(CSCCOc2ccccc2)o1. The fourth-order valence-corrected chi connectivity index (χ4v) is 2.40. The lowest BCUT2D eigenvalue weighted by atomic mass is 10.2. The summed E-state index contributed by atoms with van der Waals surface area (Å²) in [5.41, 5.74) is 1.04. The molecule has 0 aliphatic heterocycles. The number of hydrogen-bond donors (Lipinski definition) is 0. The number of hydrogen-bond acceptors (Lipinski definition) is 5. The van der Waals surface area contributed by atoms with Crippen molar-refractivity contribution in [2.75, 3.05) is 12.4 Å². The van der Waals surface area contributed by atoms with E-state index in [9.17, 15) is 0 Å². The maximum Gasteiger partial charge on any atom is 0.243 e. The molecular weight excluding hydrogens is 284 g/mol. The van der Waals surface area contributed by atoms with Gasteiger partial charge in [-0.05, 0) is 25.5 Å². The van der Waals surface area contributed by atoms with Crippen LogP contribution in [-0.2, 0) is 5.75 Å². The second kappa shape index (κ2) is 8.52. The number of thioether (sulfide) groups is 1. The topological polar surface area (TPSA) is 48.2 Å². The molecule has 1 aromatic heterocycles. The lowest BCUT2D eigenvalue weighted by Gasteiger charge is -2.04. The fraction of sp³-hybridized carbons (Fsp3) is 0.375. The third kappa shape index (κ3) is 5.27. The molecule has 0 fully saturated rings. The first-order valence-corrected chi connectivity index (χ1v) is 8.20. The Morgan fingerprint density at radius 2 is 2.10 bits per heavy atom. The van der Waals surface area contributed by atoms with Crippen molar-refractivity contribution in [1.29, 1.82) is 0 Å². The van der Waals surface area contributed by atoms with Gasteiger partial charge >= 0.3 is 0 Å². The molecule has 112 valence electrons. The molecule has 2 aromatic rings. The molecular formula is C16H20N2O2S. The van der Waals surface area contributed by atoms with Crippen molar-refractivity contribution in [3.8, 4) is 5.75 Å². The number of benzene rings is 1. The van der Waals surface area contributed by atoms with Crippen LogP contribution >= 0.6 is 11.8 Å². The Labute approximate surface area is 129 Å². The molecule has 1 heterocycles. The highest BCUT2D eigenvalue weighted by Gasteiger charge is 2.07. The first kappa shape index (κ1) is 15.6. The quantitative estimate of drug-likeness (QED) is 0.684. The second-order valence-corrected chi connectivity index (χ2v) is 5.62. The molecule has 0 saturated carbocycles. The Morgan fingerprint density at radius 3 is 2.86 bits per heavy atom. The Morgan fingerprint density at radius 1 is 1.29 bits per heavy atom. The van der Waals surface area contributed by atoms with E-state index in [0.717, 1.165) is 23.5 Å². The summed E-state index contributed by atoms with van der Waals surface area (Å²) < 4.78 is 11.2. The predicted molar refractivity (Wildman–Crippen MR) is 86.3 cm³/mol. The summed E-state index contributed by atoms with van der Waals surface area (Å²) in [5, 5.41) is 8.11. The van der Waals surface area contributed by atoms with Gasteiger partial charge in [-0.25, -0.2) is 0 Å². The summed E-state index contributed by atoms with van der Waals surface area (Å²) >= 11 is 1.72. The molecule has 0 N–H and O–H groups in total. The number of nitrogens with zero attached hydrogens (tertiary/aromatic N) is 2. The first-order chi connectivity index (χ1) is 10.3. The van der Waals surface area contributed by atoms with E-state index in [0.29, 0.717) is 24.1 Å². The van der Waals surface area contributed by atoms with Crippen LogP contribution in [0.3, 0.4) is 0 Å². The van der Waals surface area contributed by atoms with Gasteiger partial charge in [-0.2, -0.15) is 0 Å². The summed E-state index contributed by atoms with van der Waals surface area (Å²) in [6.45, 7) is 4.75. The van der Waals surface area contributed by atoms with Gasteiger partial charge in [-0.15, -0.1) is 22.0 Å². The van der Waals surface area contributed by atoms with E-state index in [-0.39, 0.29) is 0 Å². The maximum atomic E-state index is 5.62. The lowest BCUT2D eigenvalue weighted by Crippen LogP contribution is -2.00. The van der Waals surface area contributed by atoms with Crippen molar-refractivity contribution < 1.29 is 9.15 Å². The van der Waals surface area contributed by atoms with Crippen LogP contribution in [0.1, 0.15) is 32.0 Å². The van der Waals surface area contributed by atoms with Crippen LogP contribution in [0.15, 0.2) is 40.8 Å². The minimum absolute atomic E-state index is 0.619. The standard InChI is InChI=1S/C16H20N2O2S/c1-3-7-13(2)16-18-17-15(20-16)12-21-11-10-19-14-8-5-4-6-9-14/h4-9H,3,10-12H2,1-2H3/b13-7+. The zero-order valence-corrected chi connectivity index (χ0v) is 13.2. The van der Waals surface area contributed by atoms with E-state index in [1.807, 2.05) is 37.3 Å². The van der Waals surface area contributed by atoms with Crippen molar-refractivity contribution in [3.05, 3.63) is 48.2 Å². The summed E-state index contributed by atoms with van der Waals surface area (Å²) in [6, 6.07) is 9.82. The number of ether oxygens (including phenoxy) is 1. The van der Waals surface area contributed by atoms with E-state index in [1.165, 1.54) is 0 Å². The molecule has 4 nitrogen and oxygen atoms in total. The minimum atomic E-state index is 0.619. The Hall–Kier alpha value is -1.75. The van der Waals surface area contributed by atoms with Crippen LogP contribution in [-0.4, -0.2) is 22.6 Å². The van der Waals surface area contributed by atoms with E-state index in [2.05, 4.69) is 23.2 Å². The molecule has 0 aliphatic carbocycles. The average Bonchev–Trinajstić information content (AvgIpc) is 2.97. The predicted octanol–water partition coefficient (Wildman–Crippen LogP) is 4.20. The van der Waals surface area contributed by atoms with Crippen LogP contribution in [0.4, 0.5) is 0 Å². The third-order valence-corrected chi connectivity index (χ3v) is 3.69. The van der Waals surface area contributed by atoms with Crippen LogP contribution in [0, 0.1) is 0 Å². The average molecular weight is 304 g/mol. The van der Waals surface area contributed by atoms with Crippen molar-refractivity contribution in [3.63, 3.8) is 0 Å². The lowest BCUT2D eigenvalue weighted by molar-refractivity contribution is 0.344. The van der Waals surface area contributed by atoms with Crippen molar-refractivity contribution in [1.82, 2.24) is 10.2 Å². The molecule has 21 heavy (non-hydrogen) atoms. The number of allylic oxidation sites excluding steroid dienone is 2. The number of rotatable bonds is 8. The Kier molecular flexibility index (Phi) is 6.34. The van der Waals surface area contributed by atoms with Gasteiger partial charge in [0.2, 0.25) is 11.8 Å². The molecule has 2 rings (SSSR count). The van der Waals surface area contributed by atoms with Gasteiger partial charge in [0.05, 0.1) is 12.4 Å². The zero-order chi connectivity index (χ0) is 14.9. The minimum Gasteiger partial charge on any atom is -0.493 e. The zero-order valence-electron chi connectivity index (χ0n) is 12.4. The summed E-state index contributed by atoms with van der Waals surface area (Å²) in [5.74, 6) is 3.78. The highest BCUT2D eigenvalue weighted by atomic mass is 32.2. The highest BCUT2D eigenvalue weighted by Crippen LogP contribution is 2.16. The van der Waals surface area contributed by atoms with Gasteiger partial charge in [0.25, 0.3) is 0 Å². The highest BCUT2D eigenvalue weighted by molar-refractivity contribution is 7.98. The second-order valence-electron chi connectivity index (χ2n) is 4.51. The molecule has 0 bridgehead atoms. The number of para-hydroxylation sites is 1. The monoisotopic (exact) mass is 304 g/mol. The molecule has 0 amide bonds. The van der Waals surface area contributed by atoms with Gasteiger partial charge < -0.3 is 9.15 Å². The normalized spacial score (nSPS) is 11.6. The van der Waals surface area contributed by atoms with Gasteiger partial charge in [0.1, 0.15) is 5.75 Å². The van der Waals surface area contributed by atoms with Crippen molar-refractivity contribution in [2.45, 2.75) is 26.0 Å². The van der Waals surface area contributed by atoms with E-state index in [1.54, 1.807) is 11.8 Å². The summed E-state index contributed by atoms with van der Waals surface area (Å²) in [4.78, 5) is 0. The molecule has 0 spiro atoms. The molecule has 0 radical (unpaired) electrons. The molecule has 0 atom stereocenters. The summed E-state index contributed by atoms with van der Waals surface area (Å²) in [6.07, 6.45) is 3.05. The molecule has 0 saturated heterocycles. The molecule has 1 aromatic carbocycles. The van der Waals surface area contributed by atoms with Gasteiger partial charge in [-0.3, -0.25) is 0 Å². The Bertz CT molecular complexity index is 567. The van der Waals surface area contributed by atoms with E-state index in [4.69, 9.17) is 9.15 Å². The summed E-state index contributed by atoms with van der Waals surface area (Å²) in [7, 11) is 0. The number of aromatic nitrogens is 2. The van der Waals surface area contributed by atoms with E-state index >= 15 is 0 Å². The van der Waals surface area contributed by atoms with Crippen molar-refractivity contribution in [2.24, 2.45) is 0 Å². The first-order valence-electron chi connectivity index (χ1n) is 7.04. The Balaban J connectivity index is 1.68. The third-order valence-electron chi connectivity index (χ3n) is 2.78. The fourth-order valence-electron chi connectivity index (χ4n) is 1.76. The van der Waals surface area contributed by atoms with Crippen LogP contribution < -0.4 is 4.74 Å². The van der Waals surface area contributed by atoms with Crippen LogP contribution in [0.25, 0.3) is 5.57 Å². The van der Waals surface area contributed by atoms with Gasteiger partial charge in [0.15, 0.2) is 0 Å². The van der Waals surface area contributed by atoms with Crippen molar-refractivity contribution >= 4 is 17.3 Å². The molecule has 5 heteroatoms. The smallest absolute Gasteiger partial charge is 0.243 e. The van der Waals surface area contributed by atoms with Gasteiger partial charge in [0, 0.05) is 11.3 Å². The van der Waals surface area contributed by atoms with Crippen LogP contribution in [0.2, 0.25) is 0 Å². The van der Waals surface area contributed by atoms with Gasteiger partial charge in [-0.1, -0.05) is 31.2 Å². The maximum absolute atomic E-state index is 5.62. The van der Waals surface area contributed by atoms with E-state index < -0.39 is 0 Å². The van der Waals surface area contributed by atoms with Crippen LogP contribution in [0.5, 0.6) is 5.75 Å². The molecule has 0 unspecified atom stereocenters. The molecule has 0 aliphatic rings.